The third kappa shape index (κ3) is 2.36. The first-order chi connectivity index (χ1) is 10.1. The van der Waals surface area contributed by atoms with E-state index in [1.54, 1.807) is 12.1 Å². The number of aromatic nitrogens is 1. The highest BCUT2D eigenvalue weighted by molar-refractivity contribution is 5.96. The lowest BCUT2D eigenvalue weighted by molar-refractivity contribution is -0.384. The van der Waals surface area contributed by atoms with E-state index in [4.69, 9.17) is 0 Å². The molecule has 4 heteroatoms. The smallest absolute Gasteiger partial charge is 0.258 e. The quantitative estimate of drug-likeness (QED) is 0.514. The van der Waals surface area contributed by atoms with Crippen molar-refractivity contribution >= 4 is 16.6 Å². The maximum absolute atomic E-state index is 11.3. The van der Waals surface area contributed by atoms with Gasteiger partial charge < -0.3 is 0 Å². The summed E-state index contributed by atoms with van der Waals surface area (Å²) in [5.74, 6) is 0. The SMILES string of the molecule is Cc1ccc([N+](=O)[O-])c(-c2cccc3ccc(C)nc23)c1. The molecule has 1 aromatic heterocycles. The minimum Gasteiger partial charge on any atom is -0.258 e. The van der Waals surface area contributed by atoms with E-state index in [1.807, 2.05) is 50.2 Å². The van der Waals surface area contributed by atoms with Gasteiger partial charge in [0.2, 0.25) is 0 Å². The summed E-state index contributed by atoms with van der Waals surface area (Å²) in [4.78, 5) is 15.5. The normalized spacial score (nSPS) is 10.8. The molecule has 4 nitrogen and oxygen atoms in total. The second-order valence-electron chi connectivity index (χ2n) is 5.11. The zero-order chi connectivity index (χ0) is 15.0. The Morgan fingerprint density at radius 3 is 2.57 bits per heavy atom. The van der Waals surface area contributed by atoms with Crippen LogP contribution in [0.4, 0.5) is 5.69 Å². The minimum absolute atomic E-state index is 0.108. The van der Waals surface area contributed by atoms with Gasteiger partial charge in [-0.05, 0) is 26.0 Å². The number of nitro benzene ring substituents is 1. The minimum atomic E-state index is -0.344. The fourth-order valence-corrected chi connectivity index (χ4v) is 2.49. The highest BCUT2D eigenvalue weighted by atomic mass is 16.6. The number of benzene rings is 2. The average molecular weight is 278 g/mol. The van der Waals surface area contributed by atoms with Gasteiger partial charge in [-0.2, -0.15) is 0 Å². The van der Waals surface area contributed by atoms with Crippen LogP contribution in [-0.4, -0.2) is 9.91 Å². The van der Waals surface area contributed by atoms with E-state index in [9.17, 15) is 10.1 Å². The molecule has 0 fully saturated rings. The number of hydrogen-bond donors (Lipinski definition) is 0. The van der Waals surface area contributed by atoms with Gasteiger partial charge >= 0.3 is 0 Å². The summed E-state index contributed by atoms with van der Waals surface area (Å²) >= 11 is 0. The van der Waals surface area contributed by atoms with E-state index in [0.29, 0.717) is 5.56 Å². The molecule has 0 radical (unpaired) electrons. The predicted octanol–water partition coefficient (Wildman–Crippen LogP) is 4.43. The van der Waals surface area contributed by atoms with Gasteiger partial charge in [-0.15, -0.1) is 0 Å². The summed E-state index contributed by atoms with van der Waals surface area (Å²) < 4.78 is 0. The Kier molecular flexibility index (Phi) is 3.14. The number of nitrogens with zero attached hydrogens (tertiary/aromatic N) is 2. The molecule has 0 aliphatic carbocycles. The largest absolute Gasteiger partial charge is 0.277 e. The van der Waals surface area contributed by atoms with Crippen LogP contribution in [0.1, 0.15) is 11.3 Å². The van der Waals surface area contributed by atoms with Crippen LogP contribution in [-0.2, 0) is 0 Å². The van der Waals surface area contributed by atoms with Crippen molar-refractivity contribution in [1.82, 2.24) is 4.98 Å². The molecule has 2 aromatic carbocycles. The summed E-state index contributed by atoms with van der Waals surface area (Å²) in [6.07, 6.45) is 0. The third-order valence-electron chi connectivity index (χ3n) is 3.50. The van der Waals surface area contributed by atoms with Gasteiger partial charge in [0.1, 0.15) is 0 Å². The molecule has 1 heterocycles. The highest BCUT2D eigenvalue weighted by Crippen LogP contribution is 2.34. The van der Waals surface area contributed by atoms with Crippen LogP contribution in [0.3, 0.4) is 0 Å². The van der Waals surface area contributed by atoms with Crippen LogP contribution >= 0.6 is 0 Å². The number of rotatable bonds is 2. The molecule has 21 heavy (non-hydrogen) atoms. The van der Waals surface area contributed by atoms with Crippen molar-refractivity contribution in [2.45, 2.75) is 13.8 Å². The summed E-state index contributed by atoms with van der Waals surface area (Å²) in [6.45, 7) is 3.85. The number of fused-ring (bicyclic) bond motifs is 1. The highest BCUT2D eigenvalue weighted by Gasteiger charge is 2.17. The fourth-order valence-electron chi connectivity index (χ4n) is 2.49. The molecule has 104 valence electrons. The number of para-hydroxylation sites is 1. The van der Waals surface area contributed by atoms with Crippen molar-refractivity contribution in [3.63, 3.8) is 0 Å². The number of aryl methyl sites for hydroxylation is 2. The van der Waals surface area contributed by atoms with E-state index in [-0.39, 0.29) is 10.6 Å². The first kappa shape index (κ1) is 13.2. The Balaban J connectivity index is 2.37. The Hall–Kier alpha value is -2.75. The van der Waals surface area contributed by atoms with Crippen LogP contribution < -0.4 is 0 Å². The van der Waals surface area contributed by atoms with Crippen molar-refractivity contribution in [3.8, 4) is 11.1 Å². The molecular weight excluding hydrogens is 264 g/mol. The molecular formula is C17H14N2O2. The van der Waals surface area contributed by atoms with Gasteiger partial charge in [-0.3, -0.25) is 15.1 Å². The summed E-state index contributed by atoms with van der Waals surface area (Å²) in [7, 11) is 0. The molecule has 0 N–H and O–H groups in total. The van der Waals surface area contributed by atoms with E-state index < -0.39 is 0 Å². The van der Waals surface area contributed by atoms with Gasteiger partial charge in [0.15, 0.2) is 0 Å². The maximum atomic E-state index is 11.3. The third-order valence-corrected chi connectivity index (χ3v) is 3.50. The Labute approximate surface area is 122 Å². The first-order valence-corrected chi connectivity index (χ1v) is 6.68. The van der Waals surface area contributed by atoms with E-state index >= 15 is 0 Å². The van der Waals surface area contributed by atoms with Crippen molar-refractivity contribution in [3.05, 3.63) is 69.9 Å². The average Bonchev–Trinajstić information content (AvgIpc) is 2.46. The monoisotopic (exact) mass is 278 g/mol. The van der Waals surface area contributed by atoms with Crippen LogP contribution in [0.5, 0.6) is 0 Å². The summed E-state index contributed by atoms with van der Waals surface area (Å²) in [5.41, 5.74) is 4.20. The van der Waals surface area contributed by atoms with E-state index in [1.165, 1.54) is 0 Å². The Bertz CT molecular complexity index is 857. The molecule has 0 amide bonds. The van der Waals surface area contributed by atoms with Gasteiger partial charge in [0.25, 0.3) is 5.69 Å². The molecule has 0 unspecified atom stereocenters. The number of nitro groups is 1. The number of pyridine rings is 1. The first-order valence-electron chi connectivity index (χ1n) is 6.68. The molecule has 0 saturated carbocycles. The lowest BCUT2D eigenvalue weighted by Gasteiger charge is -2.08. The molecule has 0 saturated heterocycles. The molecule has 0 bridgehead atoms. The summed E-state index contributed by atoms with van der Waals surface area (Å²) in [5, 5.41) is 12.3. The van der Waals surface area contributed by atoms with Crippen molar-refractivity contribution in [2.75, 3.05) is 0 Å². The van der Waals surface area contributed by atoms with Crippen molar-refractivity contribution in [1.29, 1.82) is 0 Å². The molecule has 3 rings (SSSR count). The van der Waals surface area contributed by atoms with E-state index in [0.717, 1.165) is 27.7 Å². The van der Waals surface area contributed by atoms with Crippen LogP contribution in [0.2, 0.25) is 0 Å². The second kappa shape index (κ2) is 4.98. The molecule has 3 aromatic rings. The topological polar surface area (TPSA) is 56.0 Å². The molecule has 0 atom stereocenters. The number of hydrogen-bond acceptors (Lipinski definition) is 3. The van der Waals surface area contributed by atoms with Gasteiger partial charge in [-0.1, -0.05) is 35.9 Å². The lowest BCUT2D eigenvalue weighted by Crippen LogP contribution is -1.94. The van der Waals surface area contributed by atoms with Crippen LogP contribution in [0.15, 0.2) is 48.5 Å². The molecule has 0 aliphatic rings. The molecule has 0 aliphatic heterocycles. The maximum Gasteiger partial charge on any atom is 0.277 e. The molecule has 0 spiro atoms. The van der Waals surface area contributed by atoms with Gasteiger partial charge in [0, 0.05) is 22.7 Å². The fraction of sp³-hybridized carbons (Fsp3) is 0.118. The zero-order valence-corrected chi connectivity index (χ0v) is 11.8. The summed E-state index contributed by atoms with van der Waals surface area (Å²) in [6, 6.07) is 14.8. The zero-order valence-electron chi connectivity index (χ0n) is 11.8. The Morgan fingerprint density at radius 2 is 1.81 bits per heavy atom. The standard InChI is InChI=1S/C17H14N2O2/c1-11-6-9-16(19(20)21)15(10-11)14-5-3-4-13-8-7-12(2)18-17(13)14/h3-10H,1-2H3. The van der Waals surface area contributed by atoms with Gasteiger partial charge in [-0.25, -0.2) is 0 Å². The van der Waals surface area contributed by atoms with Crippen molar-refractivity contribution < 1.29 is 4.92 Å². The lowest BCUT2D eigenvalue weighted by atomic mass is 9.98. The van der Waals surface area contributed by atoms with Gasteiger partial charge in [0.05, 0.1) is 16.0 Å². The van der Waals surface area contributed by atoms with Crippen LogP contribution in [0.25, 0.3) is 22.0 Å². The Morgan fingerprint density at radius 1 is 1.00 bits per heavy atom. The second-order valence-corrected chi connectivity index (χ2v) is 5.11. The predicted molar refractivity (Wildman–Crippen MR) is 83.3 cm³/mol. The van der Waals surface area contributed by atoms with E-state index in [2.05, 4.69) is 4.98 Å². The van der Waals surface area contributed by atoms with Crippen molar-refractivity contribution in [2.24, 2.45) is 0 Å². The van der Waals surface area contributed by atoms with Crippen LogP contribution in [0, 0.1) is 24.0 Å².